The summed E-state index contributed by atoms with van der Waals surface area (Å²) in [5.41, 5.74) is 13.1. The fraction of sp³-hybridized carbons (Fsp3) is 0.500. The lowest BCUT2D eigenvalue weighted by molar-refractivity contribution is 0.100. The van der Waals surface area contributed by atoms with Crippen LogP contribution in [0.2, 0.25) is 0 Å². The van der Waals surface area contributed by atoms with Gasteiger partial charge in [0.25, 0.3) is 5.91 Å². The lowest BCUT2D eigenvalue weighted by Crippen LogP contribution is -2.32. The molecule has 0 radical (unpaired) electrons. The molecule has 1 aromatic rings. The van der Waals surface area contributed by atoms with Crippen molar-refractivity contribution >= 4 is 17.3 Å². The highest BCUT2D eigenvalue weighted by Gasteiger charge is 2.17. The Morgan fingerprint density at radius 2 is 1.94 bits per heavy atom. The smallest absolute Gasteiger partial charge is 0.250 e. The molecule has 4 nitrogen and oxygen atoms in total. The lowest BCUT2D eigenvalue weighted by Gasteiger charge is -2.29. The maximum Gasteiger partial charge on any atom is 0.250 e. The molecule has 0 heterocycles. The number of primary amides is 1. The van der Waals surface area contributed by atoms with Crippen molar-refractivity contribution in [2.45, 2.75) is 33.2 Å². The Labute approximate surface area is 109 Å². The number of carbonyl (C=O) groups is 1. The van der Waals surface area contributed by atoms with Crippen molar-refractivity contribution < 1.29 is 4.79 Å². The predicted molar refractivity (Wildman–Crippen MR) is 76.7 cm³/mol. The molecule has 1 atom stereocenters. The summed E-state index contributed by atoms with van der Waals surface area (Å²) in [7, 11) is 1.97. The minimum Gasteiger partial charge on any atom is -0.399 e. The molecule has 0 saturated heterocycles. The average Bonchev–Trinajstić information content (AvgIpc) is 2.26. The third kappa shape index (κ3) is 3.39. The Kier molecular flexibility index (Phi) is 4.59. The molecule has 1 amide bonds. The van der Waals surface area contributed by atoms with Gasteiger partial charge in [-0.05, 0) is 37.5 Å². The molecule has 18 heavy (non-hydrogen) atoms. The minimum atomic E-state index is -0.423. The average molecular weight is 249 g/mol. The molecule has 0 fully saturated rings. The zero-order valence-corrected chi connectivity index (χ0v) is 11.6. The fourth-order valence-corrected chi connectivity index (χ4v) is 2.13. The lowest BCUT2D eigenvalue weighted by atomic mass is 10.0. The summed E-state index contributed by atoms with van der Waals surface area (Å²) in [6, 6.07) is 5.51. The summed E-state index contributed by atoms with van der Waals surface area (Å²) >= 11 is 0. The van der Waals surface area contributed by atoms with Crippen LogP contribution in [0.25, 0.3) is 0 Å². The van der Waals surface area contributed by atoms with E-state index >= 15 is 0 Å². The van der Waals surface area contributed by atoms with Gasteiger partial charge in [-0.2, -0.15) is 0 Å². The molecule has 100 valence electrons. The summed E-state index contributed by atoms with van der Waals surface area (Å²) in [4.78, 5) is 13.5. The highest BCUT2D eigenvalue weighted by Crippen LogP contribution is 2.25. The summed E-state index contributed by atoms with van der Waals surface area (Å²) in [6.07, 6.45) is 1.05. The van der Waals surface area contributed by atoms with E-state index in [0.29, 0.717) is 23.2 Å². The monoisotopic (exact) mass is 249 g/mol. The molecule has 1 aromatic carbocycles. The Hall–Kier alpha value is -1.71. The first-order valence-electron chi connectivity index (χ1n) is 6.25. The topological polar surface area (TPSA) is 72.3 Å². The summed E-state index contributed by atoms with van der Waals surface area (Å²) in [5.74, 6) is 0.175. The first-order valence-corrected chi connectivity index (χ1v) is 6.25. The third-order valence-electron chi connectivity index (χ3n) is 3.14. The predicted octanol–water partition coefficient (Wildman–Crippen LogP) is 2.24. The van der Waals surface area contributed by atoms with Crippen LogP contribution in [-0.2, 0) is 0 Å². The number of anilines is 2. The van der Waals surface area contributed by atoms with Crippen LogP contribution in [0.15, 0.2) is 18.2 Å². The van der Waals surface area contributed by atoms with E-state index in [4.69, 9.17) is 11.5 Å². The van der Waals surface area contributed by atoms with Crippen molar-refractivity contribution in [3.05, 3.63) is 23.8 Å². The SMILES string of the molecule is CC(C)CC(C)N(C)c1cc(N)ccc1C(N)=O. The van der Waals surface area contributed by atoms with Gasteiger partial charge in [-0.25, -0.2) is 0 Å². The van der Waals surface area contributed by atoms with Crippen molar-refractivity contribution in [3.63, 3.8) is 0 Å². The molecular formula is C14H23N3O. The molecule has 0 spiro atoms. The molecular weight excluding hydrogens is 226 g/mol. The van der Waals surface area contributed by atoms with Crippen LogP contribution in [0.1, 0.15) is 37.6 Å². The second-order valence-corrected chi connectivity index (χ2v) is 5.23. The van der Waals surface area contributed by atoms with E-state index in [1.807, 2.05) is 7.05 Å². The van der Waals surface area contributed by atoms with E-state index in [0.717, 1.165) is 12.1 Å². The first-order chi connectivity index (χ1) is 8.32. The third-order valence-corrected chi connectivity index (χ3v) is 3.14. The van der Waals surface area contributed by atoms with Crippen LogP contribution in [-0.4, -0.2) is 19.0 Å². The Morgan fingerprint density at radius 3 is 2.44 bits per heavy atom. The normalized spacial score (nSPS) is 12.5. The van der Waals surface area contributed by atoms with E-state index < -0.39 is 5.91 Å². The Balaban J connectivity index is 3.06. The number of nitrogen functional groups attached to an aromatic ring is 1. The zero-order chi connectivity index (χ0) is 13.9. The molecule has 0 aliphatic carbocycles. The van der Waals surface area contributed by atoms with Gasteiger partial charge in [0.1, 0.15) is 0 Å². The fourth-order valence-electron chi connectivity index (χ4n) is 2.13. The Bertz CT molecular complexity index is 429. The van der Waals surface area contributed by atoms with E-state index in [-0.39, 0.29) is 0 Å². The van der Waals surface area contributed by atoms with Gasteiger partial charge in [-0.1, -0.05) is 13.8 Å². The number of hydrogen-bond acceptors (Lipinski definition) is 3. The van der Waals surface area contributed by atoms with Crippen LogP contribution < -0.4 is 16.4 Å². The Morgan fingerprint density at radius 1 is 1.33 bits per heavy atom. The van der Waals surface area contributed by atoms with Crippen LogP contribution in [0, 0.1) is 5.92 Å². The number of hydrogen-bond donors (Lipinski definition) is 2. The van der Waals surface area contributed by atoms with Gasteiger partial charge in [0.05, 0.1) is 11.3 Å². The number of nitrogens with zero attached hydrogens (tertiary/aromatic N) is 1. The van der Waals surface area contributed by atoms with Crippen molar-refractivity contribution in [1.29, 1.82) is 0 Å². The minimum absolute atomic E-state index is 0.324. The van der Waals surface area contributed by atoms with Gasteiger partial charge >= 0.3 is 0 Å². The van der Waals surface area contributed by atoms with Gasteiger partial charge in [0.15, 0.2) is 0 Å². The standard InChI is InChI=1S/C14H23N3O/c1-9(2)7-10(3)17(4)13-8-11(15)5-6-12(13)14(16)18/h5-6,8-10H,7,15H2,1-4H3,(H2,16,18). The summed E-state index contributed by atoms with van der Waals surface area (Å²) in [6.45, 7) is 6.49. The van der Waals surface area contributed by atoms with Gasteiger partial charge in [0.2, 0.25) is 0 Å². The number of benzene rings is 1. The van der Waals surface area contributed by atoms with Crippen LogP contribution >= 0.6 is 0 Å². The maximum absolute atomic E-state index is 11.4. The summed E-state index contributed by atoms with van der Waals surface area (Å²) < 4.78 is 0. The molecule has 0 aliphatic heterocycles. The molecule has 0 bridgehead atoms. The van der Waals surface area contributed by atoms with E-state index in [2.05, 4.69) is 25.7 Å². The molecule has 0 aliphatic rings. The van der Waals surface area contributed by atoms with Crippen LogP contribution in [0.4, 0.5) is 11.4 Å². The van der Waals surface area contributed by atoms with Gasteiger partial charge in [-0.3, -0.25) is 4.79 Å². The van der Waals surface area contributed by atoms with Crippen molar-refractivity contribution in [1.82, 2.24) is 0 Å². The van der Waals surface area contributed by atoms with Crippen molar-refractivity contribution in [3.8, 4) is 0 Å². The van der Waals surface area contributed by atoms with E-state index in [1.54, 1.807) is 18.2 Å². The molecule has 4 heteroatoms. The van der Waals surface area contributed by atoms with Gasteiger partial charge in [-0.15, -0.1) is 0 Å². The molecule has 4 N–H and O–H groups in total. The van der Waals surface area contributed by atoms with E-state index in [1.165, 1.54) is 0 Å². The molecule has 1 rings (SSSR count). The number of amides is 1. The second kappa shape index (κ2) is 5.76. The molecule has 1 unspecified atom stereocenters. The molecule has 0 saturated carbocycles. The number of rotatable bonds is 5. The number of nitrogens with two attached hydrogens (primary N) is 2. The first kappa shape index (κ1) is 14.4. The quantitative estimate of drug-likeness (QED) is 0.786. The van der Waals surface area contributed by atoms with Crippen LogP contribution in [0.3, 0.4) is 0 Å². The second-order valence-electron chi connectivity index (χ2n) is 5.23. The van der Waals surface area contributed by atoms with Gasteiger partial charge in [0, 0.05) is 18.8 Å². The van der Waals surface area contributed by atoms with Crippen molar-refractivity contribution in [2.24, 2.45) is 11.7 Å². The highest BCUT2D eigenvalue weighted by molar-refractivity contribution is 5.99. The number of carbonyl (C=O) groups excluding carboxylic acids is 1. The molecule has 0 aromatic heterocycles. The summed E-state index contributed by atoms with van der Waals surface area (Å²) in [5, 5.41) is 0. The van der Waals surface area contributed by atoms with Crippen molar-refractivity contribution in [2.75, 3.05) is 17.7 Å². The zero-order valence-electron chi connectivity index (χ0n) is 11.6. The maximum atomic E-state index is 11.4. The van der Waals surface area contributed by atoms with Gasteiger partial charge < -0.3 is 16.4 Å². The van der Waals surface area contributed by atoms with Crippen LogP contribution in [0.5, 0.6) is 0 Å². The van der Waals surface area contributed by atoms with E-state index in [9.17, 15) is 4.79 Å². The highest BCUT2D eigenvalue weighted by atomic mass is 16.1. The largest absolute Gasteiger partial charge is 0.399 e.